The van der Waals surface area contributed by atoms with Crippen LogP contribution in [-0.4, -0.2) is 48.5 Å². The first-order chi connectivity index (χ1) is 15.9. The lowest BCUT2D eigenvalue weighted by Crippen LogP contribution is -2.45. The zero-order chi connectivity index (χ0) is 23.1. The highest BCUT2D eigenvalue weighted by atomic mass is 35.5. The summed E-state index contributed by atoms with van der Waals surface area (Å²) >= 11 is 6.54. The van der Waals surface area contributed by atoms with Crippen LogP contribution in [0.5, 0.6) is 0 Å². The van der Waals surface area contributed by atoms with E-state index in [1.54, 1.807) is 10.9 Å². The maximum absolute atomic E-state index is 12.3. The Morgan fingerprint density at radius 3 is 2.88 bits per heavy atom. The van der Waals surface area contributed by atoms with Gasteiger partial charge in [0.15, 0.2) is 5.82 Å². The van der Waals surface area contributed by atoms with E-state index in [0.29, 0.717) is 29.9 Å². The topological polar surface area (TPSA) is 104 Å². The van der Waals surface area contributed by atoms with Crippen LogP contribution in [0.4, 0.5) is 16.4 Å². The zero-order valence-electron chi connectivity index (χ0n) is 18.7. The third kappa shape index (κ3) is 4.11. The van der Waals surface area contributed by atoms with Gasteiger partial charge in [-0.05, 0) is 49.6 Å². The third-order valence-corrected chi connectivity index (χ3v) is 6.15. The van der Waals surface area contributed by atoms with Gasteiger partial charge in [0.1, 0.15) is 0 Å². The highest BCUT2D eigenvalue weighted by Gasteiger charge is 2.22. The summed E-state index contributed by atoms with van der Waals surface area (Å²) < 4.78 is 1.70. The Hall–Kier alpha value is -3.59. The molecule has 170 valence electrons. The summed E-state index contributed by atoms with van der Waals surface area (Å²) in [5.74, 6) is 1.22. The molecular formula is C23H25ClN8O. The molecule has 33 heavy (non-hydrogen) atoms. The van der Waals surface area contributed by atoms with Crippen molar-refractivity contribution in [1.29, 1.82) is 0 Å². The number of aryl methyl sites for hydroxylation is 1. The Kier molecular flexibility index (Phi) is 5.41. The van der Waals surface area contributed by atoms with E-state index in [-0.39, 0.29) is 12.1 Å². The predicted octanol–water partition coefficient (Wildman–Crippen LogP) is 4.23. The van der Waals surface area contributed by atoms with E-state index >= 15 is 0 Å². The number of amides is 2. The van der Waals surface area contributed by atoms with E-state index in [1.807, 2.05) is 44.0 Å². The van der Waals surface area contributed by atoms with Gasteiger partial charge in [0.05, 0.1) is 22.4 Å². The molecule has 3 heterocycles. The van der Waals surface area contributed by atoms with Crippen LogP contribution in [-0.2, 0) is 20.0 Å². The lowest BCUT2D eigenvalue weighted by molar-refractivity contribution is 0.190. The Balaban J connectivity index is 1.36. The number of hydrogen-bond donors (Lipinski definition) is 3. The Labute approximate surface area is 196 Å². The van der Waals surface area contributed by atoms with E-state index in [0.717, 1.165) is 34.1 Å². The van der Waals surface area contributed by atoms with Crippen LogP contribution in [0.3, 0.4) is 0 Å². The van der Waals surface area contributed by atoms with Crippen LogP contribution in [0.2, 0.25) is 5.02 Å². The molecule has 0 radical (unpaired) electrons. The van der Waals surface area contributed by atoms with Crippen LogP contribution in [0.1, 0.15) is 25.0 Å². The fourth-order valence-corrected chi connectivity index (χ4v) is 4.28. The van der Waals surface area contributed by atoms with Gasteiger partial charge < -0.3 is 15.5 Å². The molecule has 1 aliphatic heterocycles. The minimum atomic E-state index is -0.0193. The fourth-order valence-electron chi connectivity index (χ4n) is 4.02. The van der Waals surface area contributed by atoms with Crippen LogP contribution in [0, 0.1) is 0 Å². The van der Waals surface area contributed by atoms with E-state index in [9.17, 15) is 4.79 Å². The number of aromatic nitrogens is 5. The van der Waals surface area contributed by atoms with E-state index in [2.05, 4.69) is 38.1 Å². The lowest BCUT2D eigenvalue weighted by Gasteiger charge is -2.30. The van der Waals surface area contributed by atoms with Crippen LogP contribution < -0.4 is 10.6 Å². The number of rotatable bonds is 4. The van der Waals surface area contributed by atoms with Crippen molar-refractivity contribution in [2.75, 3.05) is 11.9 Å². The van der Waals surface area contributed by atoms with Crippen molar-refractivity contribution in [2.24, 2.45) is 7.05 Å². The second kappa shape index (κ2) is 8.40. The van der Waals surface area contributed by atoms with Gasteiger partial charge in [-0.15, -0.1) is 5.10 Å². The zero-order valence-corrected chi connectivity index (χ0v) is 19.4. The maximum atomic E-state index is 12.3. The molecule has 0 fully saturated rings. The van der Waals surface area contributed by atoms with Gasteiger partial charge in [-0.25, -0.2) is 9.48 Å². The number of benzene rings is 2. The number of nitrogens with zero attached hydrogens (tertiary/aromatic N) is 5. The van der Waals surface area contributed by atoms with Crippen molar-refractivity contribution in [3.8, 4) is 11.4 Å². The first kappa shape index (κ1) is 21.3. The van der Waals surface area contributed by atoms with Crippen LogP contribution in [0.25, 0.3) is 22.3 Å². The average Bonchev–Trinajstić information content (AvgIpc) is 3.42. The molecule has 2 aromatic heterocycles. The van der Waals surface area contributed by atoms with Gasteiger partial charge in [0.2, 0.25) is 5.95 Å². The summed E-state index contributed by atoms with van der Waals surface area (Å²) in [5, 5.41) is 19.2. The molecule has 0 atom stereocenters. The molecule has 0 aliphatic carbocycles. The number of aromatic amines is 1. The SMILES string of the molecule is CC(C)NC(=O)N1CCc2cc(-c3nc(Nc4ccc5[nH]ncc5c4Cl)n(C)n3)ccc2C1. The summed E-state index contributed by atoms with van der Waals surface area (Å²) in [4.78, 5) is 18.9. The van der Waals surface area contributed by atoms with Crippen molar-refractivity contribution in [3.63, 3.8) is 0 Å². The lowest BCUT2D eigenvalue weighted by atomic mass is 9.97. The van der Waals surface area contributed by atoms with Gasteiger partial charge in [-0.2, -0.15) is 10.1 Å². The molecule has 1 aliphatic rings. The largest absolute Gasteiger partial charge is 0.336 e. The number of hydrogen-bond acceptors (Lipinski definition) is 5. The number of urea groups is 1. The smallest absolute Gasteiger partial charge is 0.317 e. The Morgan fingerprint density at radius 1 is 1.21 bits per heavy atom. The molecule has 9 nitrogen and oxygen atoms in total. The van der Waals surface area contributed by atoms with Gasteiger partial charge in [0, 0.05) is 37.1 Å². The van der Waals surface area contributed by atoms with E-state index in [1.165, 1.54) is 5.56 Å². The molecule has 0 saturated carbocycles. The molecule has 4 aromatic rings. The second-order valence-corrected chi connectivity index (χ2v) is 8.90. The quantitative estimate of drug-likeness (QED) is 0.419. The number of halogens is 1. The average molecular weight is 465 g/mol. The minimum absolute atomic E-state index is 0.0193. The summed E-state index contributed by atoms with van der Waals surface area (Å²) in [5.41, 5.74) is 4.92. The summed E-state index contributed by atoms with van der Waals surface area (Å²) in [6.45, 7) is 5.22. The number of carbonyl (C=O) groups is 1. The van der Waals surface area contributed by atoms with Gasteiger partial charge in [-0.3, -0.25) is 5.10 Å². The van der Waals surface area contributed by atoms with E-state index in [4.69, 9.17) is 16.6 Å². The molecule has 0 spiro atoms. The van der Waals surface area contributed by atoms with Gasteiger partial charge >= 0.3 is 6.03 Å². The number of nitrogens with one attached hydrogen (secondary N) is 3. The molecule has 2 aromatic carbocycles. The normalized spacial score (nSPS) is 13.4. The number of H-pyrrole nitrogens is 1. The molecule has 3 N–H and O–H groups in total. The van der Waals surface area contributed by atoms with Crippen LogP contribution >= 0.6 is 11.6 Å². The standard InChI is InChI=1S/C23H25ClN8O/c1-13(2)26-23(33)32-9-8-14-10-15(4-5-16(14)12-32)21-28-22(31(3)30-21)27-19-7-6-18-17(20(19)24)11-25-29-18/h4-7,10-11,13H,8-9,12H2,1-3H3,(H,25,29)(H,26,33)(H,27,28,30). The minimum Gasteiger partial charge on any atom is -0.336 e. The van der Waals surface area contributed by atoms with Crippen molar-refractivity contribution in [3.05, 3.63) is 52.7 Å². The molecule has 2 amide bonds. The number of anilines is 2. The molecule has 0 saturated heterocycles. The monoisotopic (exact) mass is 464 g/mol. The molecular weight excluding hydrogens is 440 g/mol. The summed E-state index contributed by atoms with van der Waals surface area (Å²) in [6.07, 6.45) is 2.50. The van der Waals surface area contributed by atoms with Crippen molar-refractivity contribution < 1.29 is 4.79 Å². The van der Waals surface area contributed by atoms with Crippen molar-refractivity contribution in [2.45, 2.75) is 32.9 Å². The van der Waals surface area contributed by atoms with Crippen LogP contribution in [0.15, 0.2) is 36.5 Å². The fraction of sp³-hybridized carbons (Fsp3) is 0.304. The number of carbonyl (C=O) groups excluding carboxylic acids is 1. The van der Waals surface area contributed by atoms with Gasteiger partial charge in [-0.1, -0.05) is 23.7 Å². The predicted molar refractivity (Wildman–Crippen MR) is 129 cm³/mol. The second-order valence-electron chi connectivity index (χ2n) is 8.53. The van der Waals surface area contributed by atoms with Crippen molar-refractivity contribution >= 4 is 40.2 Å². The third-order valence-electron chi connectivity index (χ3n) is 5.74. The molecule has 0 unspecified atom stereocenters. The highest BCUT2D eigenvalue weighted by Crippen LogP contribution is 2.32. The highest BCUT2D eigenvalue weighted by molar-refractivity contribution is 6.38. The Bertz CT molecular complexity index is 1340. The Morgan fingerprint density at radius 2 is 2.06 bits per heavy atom. The van der Waals surface area contributed by atoms with Gasteiger partial charge in [0.25, 0.3) is 0 Å². The molecule has 0 bridgehead atoms. The van der Waals surface area contributed by atoms with E-state index < -0.39 is 0 Å². The first-order valence-corrected chi connectivity index (χ1v) is 11.2. The summed E-state index contributed by atoms with van der Waals surface area (Å²) in [7, 11) is 1.84. The molecule has 5 rings (SSSR count). The first-order valence-electron chi connectivity index (χ1n) is 10.9. The molecule has 10 heteroatoms. The van der Waals surface area contributed by atoms with Crippen molar-refractivity contribution in [1.82, 2.24) is 35.2 Å². The summed E-state index contributed by atoms with van der Waals surface area (Å²) in [6, 6.07) is 10.1. The number of fused-ring (bicyclic) bond motifs is 2. The maximum Gasteiger partial charge on any atom is 0.317 e.